The molecule has 0 amide bonds. The largest absolute Gasteiger partial charge is 0.497 e. The van der Waals surface area contributed by atoms with E-state index in [1.807, 2.05) is 40.6 Å². The first-order chi connectivity index (χ1) is 14.1. The molecular formula is C21H26N5O2S+. The van der Waals surface area contributed by atoms with Crippen LogP contribution in [0.3, 0.4) is 0 Å². The minimum absolute atomic E-state index is 0.337. The van der Waals surface area contributed by atoms with Crippen LogP contribution in [-0.2, 0) is 13.7 Å². The number of pyridine rings is 1. The minimum atomic E-state index is 0.337. The summed E-state index contributed by atoms with van der Waals surface area (Å²) in [6.45, 7) is 1.79. The summed E-state index contributed by atoms with van der Waals surface area (Å²) >= 11 is 5.68. The number of aromatic nitrogens is 4. The van der Waals surface area contributed by atoms with Crippen LogP contribution in [0, 0.1) is 4.77 Å². The van der Waals surface area contributed by atoms with Gasteiger partial charge in [-0.05, 0) is 36.5 Å². The van der Waals surface area contributed by atoms with Crippen LogP contribution >= 0.6 is 12.2 Å². The molecule has 1 aromatic carbocycles. The second-order valence-corrected chi connectivity index (χ2v) is 7.63. The molecule has 2 aromatic heterocycles. The van der Waals surface area contributed by atoms with E-state index in [0.717, 1.165) is 53.7 Å². The molecule has 0 spiro atoms. The van der Waals surface area contributed by atoms with E-state index in [-0.39, 0.29) is 0 Å². The van der Waals surface area contributed by atoms with Gasteiger partial charge in [0.1, 0.15) is 17.5 Å². The highest BCUT2D eigenvalue weighted by atomic mass is 32.1. The number of hydrogen-bond acceptors (Lipinski definition) is 5. The van der Waals surface area contributed by atoms with Gasteiger partial charge in [-0.1, -0.05) is 0 Å². The zero-order valence-corrected chi connectivity index (χ0v) is 17.8. The first kappa shape index (κ1) is 19.6. The number of hydrogen-bond donors (Lipinski definition) is 1. The Morgan fingerprint density at radius 3 is 2.69 bits per heavy atom. The van der Waals surface area contributed by atoms with Crippen molar-refractivity contribution in [2.24, 2.45) is 7.05 Å². The van der Waals surface area contributed by atoms with Crippen LogP contribution in [0.1, 0.15) is 24.4 Å². The molecule has 3 heterocycles. The Labute approximate surface area is 175 Å². The molecule has 1 N–H and O–H groups in total. The third-order valence-electron chi connectivity index (χ3n) is 5.63. The van der Waals surface area contributed by atoms with Gasteiger partial charge in [-0.25, -0.2) is 0 Å². The van der Waals surface area contributed by atoms with E-state index in [9.17, 15) is 0 Å². The molecule has 0 radical (unpaired) electrons. The van der Waals surface area contributed by atoms with Crippen molar-refractivity contribution in [2.45, 2.75) is 25.6 Å². The summed E-state index contributed by atoms with van der Waals surface area (Å²) in [5.41, 5.74) is 2.22. The van der Waals surface area contributed by atoms with Crippen LogP contribution in [0.2, 0.25) is 0 Å². The lowest BCUT2D eigenvalue weighted by Crippen LogP contribution is -3.09. The van der Waals surface area contributed by atoms with Gasteiger partial charge in [0.25, 0.3) is 0 Å². The molecule has 2 atom stereocenters. The minimum Gasteiger partial charge on any atom is -0.497 e. The number of nitrogens with zero attached hydrogens (tertiary/aromatic N) is 4. The maximum absolute atomic E-state index is 5.68. The topological polar surface area (TPSA) is 58.5 Å². The van der Waals surface area contributed by atoms with Crippen LogP contribution in [0.25, 0.3) is 11.4 Å². The van der Waals surface area contributed by atoms with Gasteiger partial charge in [-0.2, -0.15) is 4.68 Å². The molecule has 0 bridgehead atoms. The van der Waals surface area contributed by atoms with Gasteiger partial charge in [0.2, 0.25) is 4.77 Å². The van der Waals surface area contributed by atoms with Gasteiger partial charge in [-0.15, -0.1) is 5.10 Å². The fraction of sp³-hybridized carbons (Fsp3) is 0.381. The molecule has 1 unspecified atom stereocenters. The van der Waals surface area contributed by atoms with Crippen LogP contribution in [0.5, 0.6) is 11.5 Å². The van der Waals surface area contributed by atoms with E-state index in [0.29, 0.717) is 6.04 Å². The average molecular weight is 413 g/mol. The fourth-order valence-electron chi connectivity index (χ4n) is 4.12. The van der Waals surface area contributed by atoms with Gasteiger partial charge in [0.15, 0.2) is 12.5 Å². The van der Waals surface area contributed by atoms with Gasteiger partial charge >= 0.3 is 0 Å². The maximum atomic E-state index is 5.68. The molecule has 4 rings (SSSR count). The molecule has 7 nitrogen and oxygen atoms in total. The normalized spacial score (nSPS) is 18.7. The summed E-state index contributed by atoms with van der Waals surface area (Å²) in [7, 11) is 5.35. The lowest BCUT2D eigenvalue weighted by Gasteiger charge is -2.23. The number of nitrogens with one attached hydrogen (secondary N) is 1. The summed E-state index contributed by atoms with van der Waals surface area (Å²) in [5.74, 6) is 2.53. The van der Waals surface area contributed by atoms with Crippen molar-refractivity contribution < 1.29 is 14.4 Å². The van der Waals surface area contributed by atoms with E-state index in [1.54, 1.807) is 26.6 Å². The monoisotopic (exact) mass is 412 g/mol. The molecule has 8 heteroatoms. The van der Waals surface area contributed by atoms with Crippen molar-refractivity contribution in [1.82, 2.24) is 19.3 Å². The molecular weight excluding hydrogens is 386 g/mol. The average Bonchev–Trinajstić information content (AvgIpc) is 3.34. The Bertz CT molecular complexity index is 1050. The third-order valence-corrected chi connectivity index (χ3v) is 6.12. The number of rotatable bonds is 6. The first-order valence-electron chi connectivity index (χ1n) is 9.73. The summed E-state index contributed by atoms with van der Waals surface area (Å²) < 4.78 is 15.6. The summed E-state index contributed by atoms with van der Waals surface area (Å²) in [6, 6.07) is 10.3. The second kappa shape index (κ2) is 8.34. The Morgan fingerprint density at radius 2 is 1.97 bits per heavy atom. The second-order valence-electron chi connectivity index (χ2n) is 7.27. The van der Waals surface area contributed by atoms with Crippen LogP contribution in [0.15, 0.2) is 42.7 Å². The highest BCUT2D eigenvalue weighted by Crippen LogP contribution is 2.31. The highest BCUT2D eigenvalue weighted by Gasteiger charge is 2.33. The Hall–Kier alpha value is -2.71. The lowest BCUT2D eigenvalue weighted by molar-refractivity contribution is -0.941. The van der Waals surface area contributed by atoms with Crippen LogP contribution in [-0.4, -0.2) is 40.1 Å². The third kappa shape index (κ3) is 3.77. The van der Waals surface area contributed by atoms with E-state index < -0.39 is 0 Å². The Kier molecular flexibility index (Phi) is 5.64. The quantitative estimate of drug-likeness (QED) is 0.630. The molecule has 1 saturated heterocycles. The van der Waals surface area contributed by atoms with E-state index in [2.05, 4.69) is 11.1 Å². The number of benzene rings is 1. The molecule has 0 aliphatic carbocycles. The van der Waals surface area contributed by atoms with Gasteiger partial charge in [0.05, 0.1) is 26.3 Å². The molecule has 1 aliphatic rings. The summed E-state index contributed by atoms with van der Waals surface area (Å²) in [4.78, 5) is 5.52. The van der Waals surface area contributed by atoms with Crippen LogP contribution in [0.4, 0.5) is 0 Å². The fourth-order valence-corrected chi connectivity index (χ4v) is 4.31. The number of methoxy groups -OCH3 is 2. The zero-order valence-electron chi connectivity index (χ0n) is 17.0. The van der Waals surface area contributed by atoms with Crippen molar-refractivity contribution in [2.75, 3.05) is 20.8 Å². The number of ether oxygens (including phenoxy) is 2. The van der Waals surface area contributed by atoms with Crippen LogP contribution < -0.4 is 14.4 Å². The van der Waals surface area contributed by atoms with E-state index in [1.165, 1.54) is 10.5 Å². The number of quaternary nitrogens is 1. The lowest BCUT2D eigenvalue weighted by atomic mass is 10.0. The Morgan fingerprint density at radius 1 is 1.17 bits per heavy atom. The smallest absolute Gasteiger partial charge is 0.202 e. The summed E-state index contributed by atoms with van der Waals surface area (Å²) in [5, 5.41) is 4.82. The standard InChI is InChI=1S/C21H25N5O2S/c1-24-20(15-8-10-22-11-9-15)23-26(21(24)29)14-25-12-4-5-18(25)17-7-6-16(27-2)13-19(17)28-3/h6-11,13,18H,4-5,12,14H2,1-3H3/p+1/t18-/m0/s1. The van der Waals surface area contributed by atoms with E-state index >= 15 is 0 Å². The van der Waals surface area contributed by atoms with Crippen molar-refractivity contribution in [1.29, 1.82) is 0 Å². The predicted molar refractivity (Wildman–Crippen MR) is 113 cm³/mol. The predicted octanol–water partition coefficient (Wildman–Crippen LogP) is 2.41. The Balaban J connectivity index is 1.63. The number of likely N-dealkylation sites (tertiary alicyclic amines) is 1. The van der Waals surface area contributed by atoms with Gasteiger partial charge in [-0.3, -0.25) is 4.98 Å². The van der Waals surface area contributed by atoms with Crippen molar-refractivity contribution in [3.8, 4) is 22.9 Å². The van der Waals surface area contributed by atoms with E-state index in [4.69, 9.17) is 26.8 Å². The molecule has 0 saturated carbocycles. The van der Waals surface area contributed by atoms with Gasteiger partial charge < -0.3 is 18.9 Å². The van der Waals surface area contributed by atoms with Gasteiger partial charge in [0, 0.05) is 43.9 Å². The molecule has 152 valence electrons. The van der Waals surface area contributed by atoms with Crippen molar-refractivity contribution >= 4 is 12.2 Å². The molecule has 1 aliphatic heterocycles. The zero-order chi connectivity index (χ0) is 20.4. The summed E-state index contributed by atoms with van der Waals surface area (Å²) in [6.07, 6.45) is 5.81. The van der Waals surface area contributed by atoms with Crippen molar-refractivity contribution in [3.63, 3.8) is 0 Å². The molecule has 1 fully saturated rings. The molecule has 29 heavy (non-hydrogen) atoms. The first-order valence-corrected chi connectivity index (χ1v) is 10.1. The molecule has 3 aromatic rings. The SMILES string of the molecule is COc1ccc([C@@H]2CCC[NH+]2Cn2nc(-c3ccncc3)n(C)c2=S)c(OC)c1. The van der Waals surface area contributed by atoms with Crippen molar-refractivity contribution in [3.05, 3.63) is 53.1 Å². The highest BCUT2D eigenvalue weighted by molar-refractivity contribution is 7.71. The maximum Gasteiger partial charge on any atom is 0.202 e.